The van der Waals surface area contributed by atoms with E-state index in [1.54, 1.807) is 19.1 Å². The molecule has 8 nitrogen and oxygen atoms in total. The molecule has 3 rings (SSSR count). The Bertz CT molecular complexity index is 1150. The summed E-state index contributed by atoms with van der Waals surface area (Å²) in [6.07, 6.45) is 1.62. The van der Waals surface area contributed by atoms with Gasteiger partial charge in [0.2, 0.25) is 10.0 Å². The van der Waals surface area contributed by atoms with Crippen molar-refractivity contribution in [1.29, 1.82) is 0 Å². The van der Waals surface area contributed by atoms with Gasteiger partial charge in [-0.25, -0.2) is 22.8 Å². The average Bonchev–Trinajstić information content (AvgIpc) is 2.64. The first-order chi connectivity index (χ1) is 13.3. The second-order valence-corrected chi connectivity index (χ2v) is 7.84. The van der Waals surface area contributed by atoms with Crippen LogP contribution in [-0.4, -0.2) is 30.0 Å². The first-order valence-electron chi connectivity index (χ1n) is 8.42. The van der Waals surface area contributed by atoms with E-state index in [1.807, 2.05) is 0 Å². The number of nitrogens with zero attached hydrogens (tertiary/aromatic N) is 2. The molecule has 0 saturated heterocycles. The van der Waals surface area contributed by atoms with Crippen molar-refractivity contribution in [3.63, 3.8) is 0 Å². The second kappa shape index (κ2) is 7.77. The number of amides is 1. The molecule has 1 heterocycles. The summed E-state index contributed by atoms with van der Waals surface area (Å²) >= 11 is 0. The van der Waals surface area contributed by atoms with E-state index in [-0.39, 0.29) is 28.5 Å². The summed E-state index contributed by atoms with van der Waals surface area (Å²) < 4.78 is 40.7. The van der Waals surface area contributed by atoms with Gasteiger partial charge in [-0.15, -0.1) is 0 Å². The fourth-order valence-corrected chi connectivity index (χ4v) is 3.81. The molecule has 0 bridgehead atoms. The third kappa shape index (κ3) is 4.01. The number of sulfonamides is 1. The molecule has 0 unspecified atom stereocenters. The van der Waals surface area contributed by atoms with Gasteiger partial charge in [-0.05, 0) is 30.7 Å². The Morgan fingerprint density at radius 3 is 2.61 bits per heavy atom. The van der Waals surface area contributed by atoms with Crippen molar-refractivity contribution in [1.82, 2.24) is 9.97 Å². The van der Waals surface area contributed by atoms with E-state index in [1.165, 1.54) is 30.6 Å². The third-order valence-corrected chi connectivity index (χ3v) is 5.40. The molecule has 0 radical (unpaired) electrons. The lowest BCUT2D eigenvalue weighted by molar-refractivity contribution is 0.102. The summed E-state index contributed by atoms with van der Waals surface area (Å²) in [6.45, 7) is 1.70. The maximum atomic E-state index is 14.7. The topological polar surface area (TPSA) is 127 Å². The van der Waals surface area contributed by atoms with E-state index in [4.69, 9.17) is 5.73 Å². The highest BCUT2D eigenvalue weighted by molar-refractivity contribution is 7.92. The van der Waals surface area contributed by atoms with Gasteiger partial charge in [-0.2, -0.15) is 0 Å². The molecule has 146 valence electrons. The Morgan fingerprint density at radius 2 is 1.86 bits per heavy atom. The van der Waals surface area contributed by atoms with Crippen LogP contribution in [0.4, 0.5) is 21.6 Å². The summed E-state index contributed by atoms with van der Waals surface area (Å²) in [4.78, 5) is 20.6. The van der Waals surface area contributed by atoms with Crippen LogP contribution in [0.5, 0.6) is 0 Å². The number of anilines is 3. The number of nitrogens with one attached hydrogen (secondary N) is 2. The van der Waals surface area contributed by atoms with Crippen LogP contribution in [0.2, 0.25) is 0 Å². The van der Waals surface area contributed by atoms with Crippen LogP contribution in [0.3, 0.4) is 0 Å². The number of nitrogen functional groups attached to an aromatic ring is 1. The van der Waals surface area contributed by atoms with E-state index >= 15 is 0 Å². The van der Waals surface area contributed by atoms with Gasteiger partial charge in [-0.1, -0.05) is 19.1 Å². The van der Waals surface area contributed by atoms with Gasteiger partial charge in [0.15, 0.2) is 5.82 Å². The minimum absolute atomic E-state index is 0.139. The van der Waals surface area contributed by atoms with Gasteiger partial charge in [0.05, 0.1) is 28.2 Å². The van der Waals surface area contributed by atoms with Crippen LogP contribution in [0.15, 0.2) is 42.7 Å². The monoisotopic (exact) mass is 403 g/mol. The standard InChI is InChI=1S/C18H18FN5O3S/c1-2-9-28(26,27)24-14-8-4-7-13(15(14)19)23-18(25)12-6-3-5-11-16(12)21-10-22-17(11)20/h3-8,10,24H,2,9H2,1H3,(H,23,25)(H2,20,21,22). The van der Waals surface area contributed by atoms with Gasteiger partial charge >= 0.3 is 0 Å². The fraction of sp³-hybridized carbons (Fsp3) is 0.167. The molecule has 0 aliphatic carbocycles. The van der Waals surface area contributed by atoms with E-state index in [9.17, 15) is 17.6 Å². The second-order valence-electron chi connectivity index (χ2n) is 6.00. The lowest BCUT2D eigenvalue weighted by Crippen LogP contribution is -2.18. The lowest BCUT2D eigenvalue weighted by Gasteiger charge is -2.12. The van der Waals surface area contributed by atoms with Crippen LogP contribution in [-0.2, 0) is 10.0 Å². The number of carbonyl (C=O) groups is 1. The molecule has 28 heavy (non-hydrogen) atoms. The Hall–Kier alpha value is -3.27. The number of halogens is 1. The smallest absolute Gasteiger partial charge is 0.257 e. The van der Waals surface area contributed by atoms with Gasteiger partial charge in [0.1, 0.15) is 12.1 Å². The summed E-state index contributed by atoms with van der Waals surface area (Å²) in [6, 6.07) is 8.86. The number of nitrogens with two attached hydrogens (primary N) is 1. The highest BCUT2D eigenvalue weighted by atomic mass is 32.2. The van der Waals surface area contributed by atoms with Crippen molar-refractivity contribution in [3.05, 3.63) is 54.1 Å². The van der Waals surface area contributed by atoms with Crippen molar-refractivity contribution >= 4 is 44.0 Å². The normalized spacial score (nSPS) is 11.4. The van der Waals surface area contributed by atoms with E-state index < -0.39 is 21.7 Å². The molecule has 10 heteroatoms. The minimum Gasteiger partial charge on any atom is -0.383 e. The Balaban J connectivity index is 1.92. The van der Waals surface area contributed by atoms with Gasteiger partial charge in [-0.3, -0.25) is 9.52 Å². The van der Waals surface area contributed by atoms with Gasteiger partial charge in [0.25, 0.3) is 5.91 Å². The number of hydrogen-bond donors (Lipinski definition) is 3. The van der Waals surface area contributed by atoms with E-state index in [0.29, 0.717) is 17.3 Å². The van der Waals surface area contributed by atoms with Crippen molar-refractivity contribution < 1.29 is 17.6 Å². The zero-order valence-corrected chi connectivity index (χ0v) is 15.8. The third-order valence-electron chi connectivity index (χ3n) is 3.93. The molecule has 1 amide bonds. The minimum atomic E-state index is -3.67. The summed E-state index contributed by atoms with van der Waals surface area (Å²) in [5, 5.41) is 2.94. The molecule has 0 atom stereocenters. The Kier molecular flexibility index (Phi) is 5.41. The molecule has 4 N–H and O–H groups in total. The molecule has 3 aromatic rings. The summed E-state index contributed by atoms with van der Waals surface area (Å²) in [5.74, 6) is -1.42. The Labute approximate surface area is 161 Å². The number of hydrogen-bond acceptors (Lipinski definition) is 6. The van der Waals surface area contributed by atoms with Crippen LogP contribution < -0.4 is 15.8 Å². The average molecular weight is 403 g/mol. The van der Waals surface area contributed by atoms with E-state index in [0.717, 1.165) is 0 Å². The van der Waals surface area contributed by atoms with Crippen LogP contribution in [0, 0.1) is 5.82 Å². The van der Waals surface area contributed by atoms with Crippen molar-refractivity contribution in [2.75, 3.05) is 21.5 Å². The number of para-hydroxylation sites is 1. The van der Waals surface area contributed by atoms with E-state index in [2.05, 4.69) is 20.0 Å². The number of aromatic nitrogens is 2. The molecular formula is C18H18FN5O3S. The molecule has 0 aliphatic heterocycles. The molecule has 2 aromatic carbocycles. The van der Waals surface area contributed by atoms with Gasteiger partial charge in [0, 0.05) is 5.39 Å². The Morgan fingerprint density at radius 1 is 1.14 bits per heavy atom. The number of benzene rings is 2. The van der Waals surface area contributed by atoms with Crippen molar-refractivity contribution in [2.45, 2.75) is 13.3 Å². The molecular weight excluding hydrogens is 385 g/mol. The zero-order chi connectivity index (χ0) is 20.3. The number of rotatable bonds is 6. The maximum Gasteiger partial charge on any atom is 0.257 e. The molecule has 0 saturated carbocycles. The molecule has 1 aromatic heterocycles. The molecule has 0 aliphatic rings. The van der Waals surface area contributed by atoms with Crippen molar-refractivity contribution in [3.8, 4) is 0 Å². The zero-order valence-electron chi connectivity index (χ0n) is 14.9. The predicted molar refractivity (Wildman–Crippen MR) is 106 cm³/mol. The SMILES string of the molecule is CCCS(=O)(=O)Nc1cccc(NC(=O)c2cccc3c(N)ncnc23)c1F. The van der Waals surface area contributed by atoms with Crippen LogP contribution >= 0.6 is 0 Å². The quantitative estimate of drug-likeness (QED) is 0.581. The largest absolute Gasteiger partial charge is 0.383 e. The fourth-order valence-electron chi connectivity index (χ4n) is 2.68. The predicted octanol–water partition coefficient (Wildman–Crippen LogP) is 2.76. The molecule has 0 fully saturated rings. The van der Waals surface area contributed by atoms with Crippen LogP contribution in [0.1, 0.15) is 23.7 Å². The number of fused-ring (bicyclic) bond motifs is 1. The maximum absolute atomic E-state index is 14.7. The number of carbonyl (C=O) groups excluding carboxylic acids is 1. The summed E-state index contributed by atoms with van der Waals surface area (Å²) in [5.41, 5.74) is 5.90. The highest BCUT2D eigenvalue weighted by Gasteiger charge is 2.18. The summed E-state index contributed by atoms with van der Waals surface area (Å²) in [7, 11) is -3.67. The lowest BCUT2D eigenvalue weighted by atomic mass is 10.1. The van der Waals surface area contributed by atoms with Crippen LogP contribution in [0.25, 0.3) is 10.9 Å². The first-order valence-corrected chi connectivity index (χ1v) is 10.1. The highest BCUT2D eigenvalue weighted by Crippen LogP contribution is 2.25. The first kappa shape index (κ1) is 19.5. The van der Waals surface area contributed by atoms with Crippen molar-refractivity contribution in [2.24, 2.45) is 0 Å². The molecule has 0 spiro atoms. The van der Waals surface area contributed by atoms with Gasteiger partial charge < -0.3 is 11.1 Å².